The van der Waals surface area contributed by atoms with Gasteiger partial charge in [-0.2, -0.15) is 8.78 Å². The molecular formula is C17H17F2NS. The first-order chi connectivity index (χ1) is 10.2. The summed E-state index contributed by atoms with van der Waals surface area (Å²) in [5.74, 6) is -1.70. The van der Waals surface area contributed by atoms with Crippen LogP contribution in [0, 0.1) is 5.92 Å². The average Bonchev–Trinajstić information content (AvgIpc) is 3.31. The number of hydrogen-bond acceptors (Lipinski definition) is 2. The molecule has 1 aliphatic carbocycles. The largest absolute Gasteiger partial charge is 0.378 e. The highest BCUT2D eigenvalue weighted by Crippen LogP contribution is 2.43. The van der Waals surface area contributed by atoms with E-state index in [0.717, 1.165) is 5.69 Å². The molecule has 1 fully saturated rings. The molecule has 1 N–H and O–H groups in total. The monoisotopic (exact) mass is 305 g/mol. The van der Waals surface area contributed by atoms with Gasteiger partial charge in [-0.3, -0.25) is 0 Å². The molecule has 1 aliphatic rings. The highest BCUT2D eigenvalue weighted by Gasteiger charge is 2.32. The van der Waals surface area contributed by atoms with Crippen LogP contribution in [0.15, 0.2) is 59.5 Å². The third kappa shape index (κ3) is 3.97. The Balaban J connectivity index is 1.71. The zero-order valence-electron chi connectivity index (χ0n) is 11.5. The summed E-state index contributed by atoms with van der Waals surface area (Å²) < 4.78 is 24.6. The van der Waals surface area contributed by atoms with Gasteiger partial charge in [0, 0.05) is 10.6 Å². The lowest BCUT2D eigenvalue weighted by molar-refractivity contribution is 0.252. The van der Waals surface area contributed by atoms with Crippen molar-refractivity contribution in [3.63, 3.8) is 0 Å². The number of anilines is 1. The molecule has 0 aliphatic heterocycles. The maximum absolute atomic E-state index is 12.3. The van der Waals surface area contributed by atoms with Crippen LogP contribution in [0.3, 0.4) is 0 Å². The Labute approximate surface area is 127 Å². The molecule has 1 unspecified atom stereocenters. The second-order valence-electron chi connectivity index (χ2n) is 5.27. The number of hydrogen-bond donors (Lipinski definition) is 1. The van der Waals surface area contributed by atoms with E-state index < -0.39 is 5.76 Å². The Kier molecular flexibility index (Phi) is 4.44. The van der Waals surface area contributed by atoms with Gasteiger partial charge in [-0.1, -0.05) is 42.1 Å². The van der Waals surface area contributed by atoms with E-state index in [-0.39, 0.29) is 0 Å². The molecule has 4 heteroatoms. The summed E-state index contributed by atoms with van der Waals surface area (Å²) in [7, 11) is 0. The second-order valence-corrected chi connectivity index (χ2v) is 6.34. The van der Waals surface area contributed by atoms with Crippen molar-refractivity contribution in [2.24, 2.45) is 5.92 Å². The van der Waals surface area contributed by atoms with Crippen molar-refractivity contribution >= 4 is 17.4 Å². The molecule has 0 amide bonds. The fourth-order valence-corrected chi connectivity index (χ4v) is 2.97. The molecule has 1 nitrogen and oxygen atoms in total. The Hall–Kier alpha value is -1.55. The van der Waals surface area contributed by atoms with Crippen LogP contribution >= 0.6 is 11.8 Å². The van der Waals surface area contributed by atoms with Gasteiger partial charge < -0.3 is 5.32 Å². The van der Waals surface area contributed by atoms with E-state index in [0.29, 0.717) is 28.6 Å². The van der Waals surface area contributed by atoms with Gasteiger partial charge in [-0.15, -0.1) is 0 Å². The zero-order valence-corrected chi connectivity index (χ0v) is 12.3. The van der Waals surface area contributed by atoms with Crippen molar-refractivity contribution in [3.8, 4) is 0 Å². The summed E-state index contributed by atoms with van der Waals surface area (Å²) in [5.41, 5.74) is 2.26. The smallest absolute Gasteiger partial charge is 0.288 e. The number of benzene rings is 2. The lowest BCUT2D eigenvalue weighted by Gasteiger charge is -2.20. The number of halogens is 2. The van der Waals surface area contributed by atoms with E-state index in [9.17, 15) is 8.78 Å². The molecule has 110 valence electrons. The molecule has 0 heterocycles. The molecule has 1 saturated carbocycles. The topological polar surface area (TPSA) is 12.0 Å². The molecule has 0 aromatic heterocycles. The number of rotatable bonds is 6. The maximum atomic E-state index is 12.3. The standard InChI is InChI=1S/C17H17F2NS/c18-17(19)21-15-10-8-14(9-11-15)20-16(13-6-7-13)12-4-2-1-3-5-12/h1-5,8-11,13,16-17,20H,6-7H2. The van der Waals surface area contributed by atoms with Gasteiger partial charge in [0.05, 0.1) is 6.04 Å². The highest BCUT2D eigenvalue weighted by atomic mass is 32.2. The van der Waals surface area contributed by atoms with Crippen LogP contribution < -0.4 is 5.32 Å². The van der Waals surface area contributed by atoms with Crippen LogP contribution in [0.5, 0.6) is 0 Å². The number of thioether (sulfide) groups is 1. The zero-order chi connectivity index (χ0) is 14.7. The quantitative estimate of drug-likeness (QED) is 0.701. The van der Waals surface area contributed by atoms with Gasteiger partial charge in [0.15, 0.2) is 0 Å². The summed E-state index contributed by atoms with van der Waals surface area (Å²) in [6.07, 6.45) is 2.48. The molecule has 2 aromatic carbocycles. The second kappa shape index (κ2) is 6.48. The predicted octanol–water partition coefficient (Wildman–Crippen LogP) is 5.56. The van der Waals surface area contributed by atoms with Crippen LogP contribution in [-0.4, -0.2) is 5.76 Å². The predicted molar refractivity (Wildman–Crippen MR) is 83.8 cm³/mol. The normalized spacial score (nSPS) is 16.0. The van der Waals surface area contributed by atoms with Crippen molar-refractivity contribution in [2.75, 3.05) is 5.32 Å². The minimum absolute atomic E-state index is 0.305. The van der Waals surface area contributed by atoms with Crippen molar-refractivity contribution in [3.05, 3.63) is 60.2 Å². The van der Waals surface area contributed by atoms with Crippen molar-refractivity contribution in [1.29, 1.82) is 0 Å². The fraction of sp³-hybridized carbons (Fsp3) is 0.294. The van der Waals surface area contributed by atoms with E-state index in [1.807, 2.05) is 18.2 Å². The van der Waals surface area contributed by atoms with E-state index in [4.69, 9.17) is 0 Å². The first-order valence-electron chi connectivity index (χ1n) is 7.09. The van der Waals surface area contributed by atoms with Gasteiger partial charge in [-0.25, -0.2) is 0 Å². The summed E-state index contributed by atoms with van der Waals surface area (Å²) >= 11 is 0.580. The lowest BCUT2D eigenvalue weighted by atomic mass is 10.0. The number of alkyl halides is 2. The summed E-state index contributed by atoms with van der Waals surface area (Å²) in [6.45, 7) is 0. The van der Waals surface area contributed by atoms with Crippen LogP contribution in [0.1, 0.15) is 24.4 Å². The molecule has 2 aromatic rings. The first kappa shape index (κ1) is 14.4. The Bertz CT molecular complexity index is 567. The van der Waals surface area contributed by atoms with E-state index in [1.165, 1.54) is 18.4 Å². The van der Waals surface area contributed by atoms with Crippen LogP contribution in [0.25, 0.3) is 0 Å². The first-order valence-corrected chi connectivity index (χ1v) is 7.97. The van der Waals surface area contributed by atoms with Gasteiger partial charge >= 0.3 is 0 Å². The molecule has 21 heavy (non-hydrogen) atoms. The lowest BCUT2D eigenvalue weighted by Crippen LogP contribution is -2.12. The van der Waals surface area contributed by atoms with Gasteiger partial charge in [0.25, 0.3) is 5.76 Å². The van der Waals surface area contributed by atoms with Crippen LogP contribution in [0.2, 0.25) is 0 Å². The van der Waals surface area contributed by atoms with Gasteiger partial charge in [-0.05, 0) is 48.6 Å². The molecule has 0 bridgehead atoms. The van der Waals surface area contributed by atoms with Crippen LogP contribution in [0.4, 0.5) is 14.5 Å². The Morgan fingerprint density at radius 2 is 1.62 bits per heavy atom. The van der Waals surface area contributed by atoms with Gasteiger partial charge in [0.2, 0.25) is 0 Å². The van der Waals surface area contributed by atoms with E-state index >= 15 is 0 Å². The van der Waals surface area contributed by atoms with Crippen molar-refractivity contribution in [1.82, 2.24) is 0 Å². The van der Waals surface area contributed by atoms with Crippen LogP contribution in [-0.2, 0) is 0 Å². The van der Waals surface area contributed by atoms with Crippen molar-refractivity contribution in [2.45, 2.75) is 29.5 Å². The molecular weight excluding hydrogens is 288 g/mol. The maximum Gasteiger partial charge on any atom is 0.288 e. The average molecular weight is 305 g/mol. The van der Waals surface area contributed by atoms with Gasteiger partial charge in [0.1, 0.15) is 0 Å². The summed E-state index contributed by atoms with van der Waals surface area (Å²) in [6, 6.07) is 17.9. The summed E-state index contributed by atoms with van der Waals surface area (Å²) in [4.78, 5) is 0.596. The molecule has 0 saturated heterocycles. The Morgan fingerprint density at radius 1 is 0.952 bits per heavy atom. The molecule has 0 radical (unpaired) electrons. The molecule has 1 atom stereocenters. The third-order valence-electron chi connectivity index (χ3n) is 3.65. The molecule has 3 rings (SSSR count). The van der Waals surface area contributed by atoms with E-state index in [1.54, 1.807) is 12.1 Å². The molecule has 0 spiro atoms. The SMILES string of the molecule is FC(F)Sc1ccc(NC(c2ccccc2)C2CC2)cc1. The minimum Gasteiger partial charge on any atom is -0.378 e. The third-order valence-corrected chi connectivity index (χ3v) is 4.38. The number of nitrogens with one attached hydrogen (secondary N) is 1. The summed E-state index contributed by atoms with van der Waals surface area (Å²) in [5, 5.41) is 3.54. The Morgan fingerprint density at radius 3 is 2.19 bits per heavy atom. The fourth-order valence-electron chi connectivity index (χ4n) is 2.48. The highest BCUT2D eigenvalue weighted by molar-refractivity contribution is 7.99. The van der Waals surface area contributed by atoms with Crippen molar-refractivity contribution < 1.29 is 8.78 Å². The van der Waals surface area contributed by atoms with E-state index in [2.05, 4.69) is 29.6 Å². The minimum atomic E-state index is -2.37.